The summed E-state index contributed by atoms with van der Waals surface area (Å²) in [5.74, 6) is -0.867. The lowest BCUT2D eigenvalue weighted by molar-refractivity contribution is -0.214. The average Bonchev–Trinajstić information content (AvgIpc) is 3.62. The Balaban J connectivity index is 1.54. The number of rotatable bonds is 11. The number of hydrogen-bond donors (Lipinski definition) is 2. The minimum Gasteiger partial charge on any atom is -0.481 e. The van der Waals surface area contributed by atoms with Gasteiger partial charge in [-0.05, 0) is 48.7 Å². The Kier molecular flexibility index (Phi) is 7.72. The van der Waals surface area contributed by atoms with Gasteiger partial charge in [0.1, 0.15) is 11.9 Å². The molecule has 0 bridgehead atoms. The lowest BCUT2D eigenvalue weighted by Crippen LogP contribution is -2.55. The molecule has 2 aliphatic rings. The molecule has 0 spiro atoms. The molecule has 1 amide bonds. The number of methoxy groups -OCH3 is 1. The number of aliphatic hydroxyl groups excluding tert-OH is 2. The van der Waals surface area contributed by atoms with Crippen LogP contribution in [0.5, 0.6) is 5.88 Å². The molecule has 9 nitrogen and oxygen atoms in total. The molecule has 0 saturated heterocycles. The highest BCUT2D eigenvalue weighted by molar-refractivity contribution is 6.30. The van der Waals surface area contributed by atoms with E-state index in [2.05, 4.69) is 10.1 Å². The summed E-state index contributed by atoms with van der Waals surface area (Å²) in [4.78, 5) is 20.0. The van der Waals surface area contributed by atoms with Crippen molar-refractivity contribution in [1.29, 1.82) is 0 Å². The number of carbonyl (C=O) groups is 1. The summed E-state index contributed by atoms with van der Waals surface area (Å²) >= 11 is 6.10. The van der Waals surface area contributed by atoms with Crippen molar-refractivity contribution in [2.24, 2.45) is 12.5 Å². The number of aromatic nitrogens is 3. The summed E-state index contributed by atoms with van der Waals surface area (Å²) in [5, 5.41) is 27.2. The van der Waals surface area contributed by atoms with E-state index >= 15 is 4.39 Å². The Bertz CT molecular complexity index is 1660. The molecule has 4 aromatic rings. The predicted octanol–water partition coefficient (Wildman–Crippen LogP) is 4.48. The number of halogens is 2. The first kappa shape index (κ1) is 29.3. The molecule has 1 saturated carbocycles. The van der Waals surface area contributed by atoms with Crippen LogP contribution in [0.25, 0.3) is 11.1 Å². The number of benzene rings is 2. The van der Waals surface area contributed by atoms with Gasteiger partial charge in [0.15, 0.2) is 0 Å². The van der Waals surface area contributed by atoms with Gasteiger partial charge in [-0.2, -0.15) is 5.10 Å². The Labute approximate surface area is 253 Å². The molecular weight excluding hydrogens is 575 g/mol. The van der Waals surface area contributed by atoms with Gasteiger partial charge in [-0.25, -0.2) is 9.37 Å². The van der Waals surface area contributed by atoms with Crippen LogP contribution < -0.4 is 4.74 Å². The molecule has 2 aromatic carbocycles. The predicted molar refractivity (Wildman–Crippen MR) is 157 cm³/mol. The third-order valence-corrected chi connectivity index (χ3v) is 8.61. The highest BCUT2D eigenvalue weighted by atomic mass is 35.5. The summed E-state index contributed by atoms with van der Waals surface area (Å²) in [6.45, 7) is -0.237. The zero-order valence-electron chi connectivity index (χ0n) is 23.8. The number of nitrogens with zero attached hydrogens (tertiary/aromatic N) is 4. The van der Waals surface area contributed by atoms with E-state index in [1.165, 1.54) is 12.0 Å². The van der Waals surface area contributed by atoms with Crippen molar-refractivity contribution in [2.45, 2.75) is 37.6 Å². The van der Waals surface area contributed by atoms with E-state index in [1.807, 2.05) is 0 Å². The maximum atomic E-state index is 17.0. The Morgan fingerprint density at radius 1 is 1.07 bits per heavy atom. The van der Waals surface area contributed by atoms with Gasteiger partial charge >= 0.3 is 0 Å². The second-order valence-electron chi connectivity index (χ2n) is 11.3. The van der Waals surface area contributed by atoms with E-state index in [-0.39, 0.29) is 42.9 Å². The van der Waals surface area contributed by atoms with Crippen LogP contribution in [0, 0.1) is 11.2 Å². The first-order valence-corrected chi connectivity index (χ1v) is 14.4. The van der Waals surface area contributed by atoms with Crippen molar-refractivity contribution in [1.82, 2.24) is 19.7 Å². The van der Waals surface area contributed by atoms with Crippen LogP contribution in [0.15, 0.2) is 66.9 Å². The zero-order valence-corrected chi connectivity index (χ0v) is 24.6. The Hall–Kier alpha value is -3.83. The summed E-state index contributed by atoms with van der Waals surface area (Å²) in [7, 11) is 3.25. The van der Waals surface area contributed by atoms with E-state index in [4.69, 9.17) is 21.1 Å². The van der Waals surface area contributed by atoms with Crippen LogP contribution in [0.3, 0.4) is 0 Å². The van der Waals surface area contributed by atoms with Crippen LogP contribution >= 0.6 is 11.6 Å². The fourth-order valence-corrected chi connectivity index (χ4v) is 5.81. The van der Waals surface area contributed by atoms with Crippen LogP contribution in [0.1, 0.15) is 40.2 Å². The van der Waals surface area contributed by atoms with Gasteiger partial charge in [-0.1, -0.05) is 35.9 Å². The summed E-state index contributed by atoms with van der Waals surface area (Å²) in [6, 6.07) is 16.7. The molecule has 1 fully saturated rings. The number of carbonyl (C=O) groups excluding carboxylic acids is 1. The van der Waals surface area contributed by atoms with Crippen LogP contribution in [-0.4, -0.2) is 62.2 Å². The molecule has 3 heterocycles. The standard InChI is InChI=1S/C32H32ClFN4O5/c1-37-15-12-22(36-37)16-26(40)32(43-19-31(18-39)13-14-31)28-25(11-10-24(29(28)34)20-6-8-21(33)9-7-20)30(41)38(32)17-23-4-3-5-27(35-23)42-2/h3-12,15,26,39-40H,13-14,16-19H2,1-2H3/t26?,32-/m0/s1. The molecule has 2 N–H and O–H groups in total. The first-order valence-electron chi connectivity index (χ1n) is 14.0. The Morgan fingerprint density at radius 3 is 2.47 bits per heavy atom. The van der Waals surface area contributed by atoms with E-state index in [9.17, 15) is 15.0 Å². The largest absolute Gasteiger partial charge is 0.481 e. The quantitative estimate of drug-likeness (QED) is 0.259. The van der Waals surface area contributed by atoms with Crippen molar-refractivity contribution >= 4 is 17.5 Å². The van der Waals surface area contributed by atoms with Crippen molar-refractivity contribution in [3.8, 4) is 17.0 Å². The first-order chi connectivity index (χ1) is 20.7. The molecule has 0 radical (unpaired) electrons. The number of fused-ring (bicyclic) bond motifs is 1. The number of ether oxygens (including phenoxy) is 2. The van der Waals surface area contributed by atoms with Gasteiger partial charge < -0.3 is 19.7 Å². The lowest BCUT2D eigenvalue weighted by atomic mass is 9.89. The normalized spacial score (nSPS) is 19.4. The SMILES string of the molecule is COc1cccc(CN2C(=O)c3ccc(-c4ccc(Cl)cc4)c(F)c3[C@@]2(OCC2(CO)CC2)C(O)Cc2ccn(C)n2)n1. The van der Waals surface area contributed by atoms with Crippen LogP contribution in [0.4, 0.5) is 4.39 Å². The van der Waals surface area contributed by atoms with Gasteiger partial charge in [0.2, 0.25) is 11.6 Å². The number of hydrogen-bond acceptors (Lipinski definition) is 7. The van der Waals surface area contributed by atoms with E-state index in [0.717, 1.165) is 0 Å². The fraction of sp³-hybridized carbons (Fsp3) is 0.344. The maximum absolute atomic E-state index is 17.0. The van der Waals surface area contributed by atoms with E-state index in [0.29, 0.717) is 40.7 Å². The monoisotopic (exact) mass is 606 g/mol. The minimum absolute atomic E-state index is 0.00213. The molecule has 43 heavy (non-hydrogen) atoms. The highest BCUT2D eigenvalue weighted by Gasteiger charge is 2.59. The van der Waals surface area contributed by atoms with Crippen LogP contribution in [-0.2, 0) is 30.5 Å². The molecule has 11 heteroatoms. The topological polar surface area (TPSA) is 110 Å². The van der Waals surface area contributed by atoms with Crippen molar-refractivity contribution in [2.75, 3.05) is 20.3 Å². The third-order valence-electron chi connectivity index (χ3n) is 8.36. The van der Waals surface area contributed by atoms with Gasteiger partial charge in [0.05, 0.1) is 49.4 Å². The van der Waals surface area contributed by atoms with Crippen LogP contribution in [0.2, 0.25) is 5.02 Å². The fourth-order valence-electron chi connectivity index (χ4n) is 5.69. The van der Waals surface area contributed by atoms with Gasteiger partial charge in [-0.15, -0.1) is 0 Å². The summed E-state index contributed by atoms with van der Waals surface area (Å²) in [5.41, 5.74) is -0.717. The summed E-state index contributed by atoms with van der Waals surface area (Å²) in [6.07, 6.45) is 1.68. The number of pyridine rings is 1. The molecule has 2 atom stereocenters. The molecule has 2 aromatic heterocycles. The molecule has 6 rings (SSSR count). The smallest absolute Gasteiger partial charge is 0.257 e. The third kappa shape index (κ3) is 5.29. The van der Waals surface area contributed by atoms with E-state index < -0.39 is 29.0 Å². The van der Waals surface area contributed by atoms with Crippen molar-refractivity contribution in [3.05, 3.63) is 100 Å². The molecule has 1 aliphatic heterocycles. The van der Waals surface area contributed by atoms with E-state index in [1.54, 1.807) is 78.6 Å². The second kappa shape index (κ2) is 11.3. The lowest BCUT2D eigenvalue weighted by Gasteiger charge is -2.43. The maximum Gasteiger partial charge on any atom is 0.257 e. The molecule has 1 aliphatic carbocycles. The number of aliphatic hydroxyl groups is 2. The number of amides is 1. The average molecular weight is 607 g/mol. The molecule has 224 valence electrons. The van der Waals surface area contributed by atoms with Crippen molar-refractivity contribution in [3.63, 3.8) is 0 Å². The van der Waals surface area contributed by atoms with Gasteiger partial charge in [-0.3, -0.25) is 14.4 Å². The molecule has 1 unspecified atom stereocenters. The van der Waals surface area contributed by atoms with Gasteiger partial charge in [0.25, 0.3) is 5.91 Å². The second-order valence-corrected chi connectivity index (χ2v) is 11.7. The summed E-state index contributed by atoms with van der Waals surface area (Å²) < 4.78 is 30.5. The highest BCUT2D eigenvalue weighted by Crippen LogP contribution is 2.52. The molecular formula is C32H32ClFN4O5. The van der Waals surface area contributed by atoms with Crippen molar-refractivity contribution < 1.29 is 28.9 Å². The minimum atomic E-state index is -1.97. The van der Waals surface area contributed by atoms with Gasteiger partial charge in [0, 0.05) is 41.7 Å². The zero-order chi connectivity index (χ0) is 30.4. The Morgan fingerprint density at radius 2 is 1.81 bits per heavy atom. The number of aryl methyl sites for hydroxylation is 1.